The summed E-state index contributed by atoms with van der Waals surface area (Å²) in [7, 11) is 0. The molecule has 2 N–H and O–H groups in total. The molecule has 0 saturated heterocycles. The molecule has 0 bridgehead atoms. The van der Waals surface area contributed by atoms with E-state index < -0.39 is 0 Å². The number of nitrogens with one attached hydrogen (secondary N) is 1. The maximum absolute atomic E-state index is 11.5. The fraction of sp³-hybridized carbons (Fsp3) is 0.846. The largest absolute Gasteiger partial charge is 0.466 e. The van der Waals surface area contributed by atoms with Crippen molar-refractivity contribution in [1.82, 2.24) is 5.32 Å². The molecule has 5 heteroatoms. The minimum Gasteiger partial charge on any atom is -0.466 e. The van der Waals surface area contributed by atoms with Crippen LogP contribution in [0, 0.1) is 5.41 Å². The van der Waals surface area contributed by atoms with Gasteiger partial charge in [-0.2, -0.15) is 0 Å². The SMILES string of the molecule is CCOC(=O)CCC(=O)NCC(CC)(CC)CO. The van der Waals surface area contributed by atoms with Crippen molar-refractivity contribution in [2.24, 2.45) is 5.41 Å². The van der Waals surface area contributed by atoms with E-state index in [1.54, 1.807) is 6.92 Å². The first-order chi connectivity index (χ1) is 8.53. The number of hydrogen-bond donors (Lipinski definition) is 2. The number of esters is 1. The molecule has 106 valence electrons. The Morgan fingerprint density at radius 1 is 1.17 bits per heavy atom. The molecule has 0 aliphatic heterocycles. The lowest BCUT2D eigenvalue weighted by molar-refractivity contribution is -0.144. The Bertz CT molecular complexity index is 253. The number of aliphatic hydroxyl groups is 1. The molecule has 0 rings (SSSR count). The highest BCUT2D eigenvalue weighted by Crippen LogP contribution is 2.24. The topological polar surface area (TPSA) is 75.6 Å². The van der Waals surface area contributed by atoms with Crippen molar-refractivity contribution < 1.29 is 19.4 Å². The average molecular weight is 259 g/mol. The number of carbonyl (C=O) groups is 2. The van der Waals surface area contributed by atoms with E-state index >= 15 is 0 Å². The highest BCUT2D eigenvalue weighted by Gasteiger charge is 2.25. The molecule has 0 atom stereocenters. The third-order valence-electron chi connectivity index (χ3n) is 3.36. The number of rotatable bonds is 9. The van der Waals surface area contributed by atoms with Gasteiger partial charge in [-0.1, -0.05) is 13.8 Å². The fourth-order valence-corrected chi connectivity index (χ4v) is 1.60. The van der Waals surface area contributed by atoms with E-state index in [-0.39, 0.29) is 36.7 Å². The summed E-state index contributed by atoms with van der Waals surface area (Å²) in [6.45, 7) is 6.54. The maximum atomic E-state index is 11.5. The van der Waals surface area contributed by atoms with Crippen LogP contribution in [-0.4, -0.2) is 36.7 Å². The number of ether oxygens (including phenoxy) is 1. The molecule has 0 aliphatic carbocycles. The molecule has 0 aromatic rings. The van der Waals surface area contributed by atoms with Gasteiger partial charge in [0.25, 0.3) is 0 Å². The molecule has 0 aromatic heterocycles. The normalized spacial score (nSPS) is 11.1. The fourth-order valence-electron chi connectivity index (χ4n) is 1.60. The highest BCUT2D eigenvalue weighted by atomic mass is 16.5. The summed E-state index contributed by atoms with van der Waals surface area (Å²) in [4.78, 5) is 22.6. The van der Waals surface area contributed by atoms with Crippen LogP contribution < -0.4 is 5.32 Å². The maximum Gasteiger partial charge on any atom is 0.306 e. The van der Waals surface area contributed by atoms with Gasteiger partial charge in [-0.3, -0.25) is 9.59 Å². The molecule has 0 fully saturated rings. The van der Waals surface area contributed by atoms with Gasteiger partial charge >= 0.3 is 5.97 Å². The van der Waals surface area contributed by atoms with Crippen LogP contribution in [0.2, 0.25) is 0 Å². The summed E-state index contributed by atoms with van der Waals surface area (Å²) in [6, 6.07) is 0. The molecule has 1 amide bonds. The highest BCUT2D eigenvalue weighted by molar-refractivity contribution is 5.81. The summed E-state index contributed by atoms with van der Waals surface area (Å²) >= 11 is 0. The average Bonchev–Trinajstić information content (AvgIpc) is 2.39. The lowest BCUT2D eigenvalue weighted by Gasteiger charge is -2.29. The second-order valence-electron chi connectivity index (χ2n) is 4.45. The molecule has 0 aromatic carbocycles. The first-order valence-corrected chi connectivity index (χ1v) is 6.56. The van der Waals surface area contributed by atoms with Gasteiger partial charge in [0.05, 0.1) is 19.6 Å². The van der Waals surface area contributed by atoms with Crippen LogP contribution in [0.5, 0.6) is 0 Å². The Kier molecular flexibility index (Phi) is 8.37. The summed E-state index contributed by atoms with van der Waals surface area (Å²) in [5, 5.41) is 12.1. The number of hydrogen-bond acceptors (Lipinski definition) is 4. The van der Waals surface area contributed by atoms with Crippen LogP contribution >= 0.6 is 0 Å². The van der Waals surface area contributed by atoms with Crippen LogP contribution in [0.15, 0.2) is 0 Å². The van der Waals surface area contributed by atoms with Gasteiger partial charge in [-0.15, -0.1) is 0 Å². The standard InChI is InChI=1S/C13H25NO4/c1-4-13(5-2,10-15)9-14-11(16)7-8-12(17)18-6-3/h15H,4-10H2,1-3H3,(H,14,16). The lowest BCUT2D eigenvalue weighted by Crippen LogP contribution is -2.39. The van der Waals surface area contributed by atoms with Gasteiger partial charge in [0, 0.05) is 18.4 Å². The Hall–Kier alpha value is -1.10. The summed E-state index contributed by atoms with van der Waals surface area (Å²) in [6.07, 6.45) is 1.84. The second-order valence-corrected chi connectivity index (χ2v) is 4.45. The lowest BCUT2D eigenvalue weighted by atomic mass is 9.83. The van der Waals surface area contributed by atoms with Gasteiger partial charge in [0.2, 0.25) is 5.91 Å². The van der Waals surface area contributed by atoms with Crippen molar-refractivity contribution in [2.75, 3.05) is 19.8 Å². The van der Waals surface area contributed by atoms with Crippen molar-refractivity contribution in [1.29, 1.82) is 0 Å². The third-order valence-corrected chi connectivity index (χ3v) is 3.36. The van der Waals surface area contributed by atoms with Crippen molar-refractivity contribution in [3.63, 3.8) is 0 Å². The molecular formula is C13H25NO4. The smallest absolute Gasteiger partial charge is 0.306 e. The van der Waals surface area contributed by atoms with E-state index in [1.165, 1.54) is 0 Å². The van der Waals surface area contributed by atoms with Gasteiger partial charge in [0.1, 0.15) is 0 Å². The molecule has 0 heterocycles. The Morgan fingerprint density at radius 3 is 2.22 bits per heavy atom. The van der Waals surface area contributed by atoms with E-state index in [4.69, 9.17) is 4.74 Å². The van der Waals surface area contributed by atoms with Gasteiger partial charge in [-0.05, 0) is 19.8 Å². The minimum absolute atomic E-state index is 0.0537. The predicted octanol–water partition coefficient (Wildman–Crippen LogP) is 1.24. The molecule has 0 unspecified atom stereocenters. The molecule has 0 aliphatic rings. The molecule has 0 saturated carbocycles. The molecule has 0 spiro atoms. The van der Waals surface area contributed by atoms with Gasteiger partial charge in [0.15, 0.2) is 0 Å². The molecule has 18 heavy (non-hydrogen) atoms. The van der Waals surface area contributed by atoms with Crippen molar-refractivity contribution in [2.45, 2.75) is 46.5 Å². The Morgan fingerprint density at radius 2 is 1.78 bits per heavy atom. The Balaban J connectivity index is 3.98. The molecule has 0 radical (unpaired) electrons. The third kappa shape index (κ3) is 6.00. The molecular weight excluding hydrogens is 234 g/mol. The number of aliphatic hydroxyl groups excluding tert-OH is 1. The van der Waals surface area contributed by atoms with Crippen LogP contribution in [0.25, 0.3) is 0 Å². The van der Waals surface area contributed by atoms with E-state index in [0.717, 1.165) is 12.8 Å². The van der Waals surface area contributed by atoms with Crippen LogP contribution in [-0.2, 0) is 14.3 Å². The van der Waals surface area contributed by atoms with E-state index in [1.807, 2.05) is 13.8 Å². The molecule has 5 nitrogen and oxygen atoms in total. The van der Waals surface area contributed by atoms with Crippen molar-refractivity contribution in [3.05, 3.63) is 0 Å². The predicted molar refractivity (Wildman–Crippen MR) is 69.0 cm³/mol. The first-order valence-electron chi connectivity index (χ1n) is 6.56. The van der Waals surface area contributed by atoms with Crippen LogP contribution in [0.3, 0.4) is 0 Å². The summed E-state index contributed by atoms with van der Waals surface area (Å²) < 4.78 is 4.74. The number of carbonyl (C=O) groups excluding carboxylic acids is 2. The van der Waals surface area contributed by atoms with E-state index in [2.05, 4.69) is 5.32 Å². The first kappa shape index (κ1) is 16.9. The quantitative estimate of drug-likeness (QED) is 0.611. The zero-order chi connectivity index (χ0) is 14.0. The zero-order valence-electron chi connectivity index (χ0n) is 11.6. The van der Waals surface area contributed by atoms with Crippen LogP contribution in [0.1, 0.15) is 46.5 Å². The van der Waals surface area contributed by atoms with Gasteiger partial charge in [-0.25, -0.2) is 0 Å². The second kappa shape index (κ2) is 8.91. The van der Waals surface area contributed by atoms with E-state index in [9.17, 15) is 14.7 Å². The summed E-state index contributed by atoms with van der Waals surface area (Å²) in [5.74, 6) is -0.533. The van der Waals surface area contributed by atoms with E-state index in [0.29, 0.717) is 13.2 Å². The minimum atomic E-state index is -0.355. The Labute approximate surface area is 109 Å². The summed E-state index contributed by atoms with van der Waals surface area (Å²) in [5.41, 5.74) is -0.250. The monoisotopic (exact) mass is 259 g/mol. The van der Waals surface area contributed by atoms with Crippen molar-refractivity contribution >= 4 is 11.9 Å². The van der Waals surface area contributed by atoms with Crippen LogP contribution in [0.4, 0.5) is 0 Å². The zero-order valence-corrected chi connectivity index (χ0v) is 11.6. The van der Waals surface area contributed by atoms with Gasteiger partial charge < -0.3 is 15.2 Å². The number of amides is 1. The van der Waals surface area contributed by atoms with Crippen molar-refractivity contribution in [3.8, 4) is 0 Å².